The standard InChI is InChI=1S/C13H9N3O2/c17-12(18)10-8-16-11(6-7-14-13(16)15-10)9-4-2-1-3-5-9/h1-8H,(H,17,18). The molecule has 0 radical (unpaired) electrons. The SMILES string of the molecule is O=C(O)c1cn2c(-c3ccccc3)ccnc2n1. The lowest BCUT2D eigenvalue weighted by atomic mass is 10.1. The molecule has 0 bridgehead atoms. The topological polar surface area (TPSA) is 67.5 Å². The van der Waals surface area contributed by atoms with E-state index < -0.39 is 5.97 Å². The fourth-order valence-corrected chi connectivity index (χ4v) is 1.84. The third kappa shape index (κ3) is 1.62. The Kier molecular flexibility index (Phi) is 2.30. The van der Waals surface area contributed by atoms with E-state index in [4.69, 9.17) is 5.11 Å². The van der Waals surface area contributed by atoms with Crippen LogP contribution >= 0.6 is 0 Å². The van der Waals surface area contributed by atoms with Crippen LogP contribution in [0.25, 0.3) is 17.0 Å². The Balaban J connectivity index is 2.27. The Labute approximate surface area is 102 Å². The van der Waals surface area contributed by atoms with E-state index in [1.165, 1.54) is 6.20 Å². The van der Waals surface area contributed by atoms with Crippen LogP contribution in [-0.4, -0.2) is 25.4 Å². The van der Waals surface area contributed by atoms with Gasteiger partial charge in [0.1, 0.15) is 0 Å². The lowest BCUT2D eigenvalue weighted by Gasteiger charge is -2.03. The van der Waals surface area contributed by atoms with E-state index in [1.54, 1.807) is 10.6 Å². The summed E-state index contributed by atoms with van der Waals surface area (Å²) < 4.78 is 1.68. The van der Waals surface area contributed by atoms with Crippen molar-refractivity contribution in [1.82, 2.24) is 14.4 Å². The molecule has 18 heavy (non-hydrogen) atoms. The summed E-state index contributed by atoms with van der Waals surface area (Å²) in [4.78, 5) is 18.9. The number of carboxylic acids is 1. The molecule has 0 saturated carbocycles. The van der Waals surface area contributed by atoms with Crippen LogP contribution in [-0.2, 0) is 0 Å². The highest BCUT2D eigenvalue weighted by Gasteiger charge is 2.11. The Hall–Kier alpha value is -2.69. The number of carboxylic acid groups (broad SMARTS) is 1. The van der Waals surface area contributed by atoms with Crippen molar-refractivity contribution in [2.75, 3.05) is 0 Å². The van der Waals surface area contributed by atoms with Crippen LogP contribution in [0.15, 0.2) is 48.8 Å². The third-order valence-electron chi connectivity index (χ3n) is 2.66. The molecule has 2 aromatic heterocycles. The number of fused-ring (bicyclic) bond motifs is 1. The van der Waals surface area contributed by atoms with E-state index >= 15 is 0 Å². The van der Waals surface area contributed by atoms with Crippen LogP contribution in [0, 0.1) is 0 Å². The van der Waals surface area contributed by atoms with E-state index in [2.05, 4.69) is 9.97 Å². The van der Waals surface area contributed by atoms with Crippen molar-refractivity contribution in [3.63, 3.8) is 0 Å². The van der Waals surface area contributed by atoms with Crippen molar-refractivity contribution in [2.24, 2.45) is 0 Å². The molecule has 0 aliphatic rings. The molecule has 3 rings (SSSR count). The minimum absolute atomic E-state index is 0.00844. The summed E-state index contributed by atoms with van der Waals surface area (Å²) in [6.45, 7) is 0. The first kappa shape index (κ1) is 10.5. The molecule has 0 spiro atoms. The van der Waals surface area contributed by atoms with Crippen molar-refractivity contribution in [1.29, 1.82) is 0 Å². The molecule has 1 aromatic carbocycles. The van der Waals surface area contributed by atoms with Gasteiger partial charge in [-0.2, -0.15) is 0 Å². The van der Waals surface area contributed by atoms with Gasteiger partial charge in [-0.25, -0.2) is 14.8 Å². The van der Waals surface area contributed by atoms with E-state index in [0.717, 1.165) is 11.3 Å². The van der Waals surface area contributed by atoms with Gasteiger partial charge in [0.15, 0.2) is 5.69 Å². The number of benzene rings is 1. The second kappa shape index (κ2) is 3.96. The van der Waals surface area contributed by atoms with Crippen molar-refractivity contribution in [2.45, 2.75) is 0 Å². The predicted molar refractivity (Wildman–Crippen MR) is 65.4 cm³/mol. The van der Waals surface area contributed by atoms with Gasteiger partial charge in [-0.3, -0.25) is 4.40 Å². The molecule has 1 N–H and O–H groups in total. The molecule has 3 aromatic rings. The molecule has 2 heterocycles. The lowest BCUT2D eigenvalue weighted by Crippen LogP contribution is -1.95. The molecular formula is C13H9N3O2. The summed E-state index contributed by atoms with van der Waals surface area (Å²) >= 11 is 0. The zero-order valence-corrected chi connectivity index (χ0v) is 9.32. The highest BCUT2D eigenvalue weighted by molar-refractivity contribution is 5.86. The highest BCUT2D eigenvalue weighted by atomic mass is 16.4. The molecule has 0 atom stereocenters. The zero-order chi connectivity index (χ0) is 12.5. The number of nitrogens with zero attached hydrogens (tertiary/aromatic N) is 3. The number of hydrogen-bond acceptors (Lipinski definition) is 3. The van der Waals surface area contributed by atoms with Crippen molar-refractivity contribution < 1.29 is 9.90 Å². The number of aromatic carboxylic acids is 1. The monoisotopic (exact) mass is 239 g/mol. The maximum absolute atomic E-state index is 10.9. The van der Waals surface area contributed by atoms with E-state index in [0.29, 0.717) is 5.78 Å². The van der Waals surface area contributed by atoms with Gasteiger partial charge < -0.3 is 5.11 Å². The second-order valence-electron chi connectivity index (χ2n) is 3.80. The number of carbonyl (C=O) groups is 1. The molecular weight excluding hydrogens is 230 g/mol. The third-order valence-corrected chi connectivity index (χ3v) is 2.66. The highest BCUT2D eigenvalue weighted by Crippen LogP contribution is 2.19. The van der Waals surface area contributed by atoms with Gasteiger partial charge in [0.2, 0.25) is 5.78 Å². The molecule has 5 nitrogen and oxygen atoms in total. The van der Waals surface area contributed by atoms with Crippen LogP contribution in [0.4, 0.5) is 0 Å². The molecule has 0 aliphatic heterocycles. The smallest absolute Gasteiger partial charge is 0.356 e. The second-order valence-corrected chi connectivity index (χ2v) is 3.80. The minimum Gasteiger partial charge on any atom is -0.476 e. The predicted octanol–water partition coefficient (Wildman–Crippen LogP) is 2.09. The molecule has 0 fully saturated rings. The van der Waals surface area contributed by atoms with Crippen LogP contribution in [0.2, 0.25) is 0 Å². The van der Waals surface area contributed by atoms with Gasteiger partial charge in [-0.1, -0.05) is 30.3 Å². The van der Waals surface area contributed by atoms with E-state index in [1.807, 2.05) is 36.4 Å². The minimum atomic E-state index is -1.06. The van der Waals surface area contributed by atoms with Crippen molar-refractivity contribution >= 4 is 11.7 Å². The first-order valence-electron chi connectivity index (χ1n) is 5.38. The van der Waals surface area contributed by atoms with Crippen molar-refractivity contribution in [3.8, 4) is 11.3 Å². The van der Waals surface area contributed by atoms with Gasteiger partial charge in [0, 0.05) is 12.4 Å². The van der Waals surface area contributed by atoms with Gasteiger partial charge in [0.05, 0.1) is 5.69 Å². The van der Waals surface area contributed by atoms with Gasteiger partial charge >= 0.3 is 5.97 Å². The Morgan fingerprint density at radius 1 is 1.17 bits per heavy atom. The Morgan fingerprint density at radius 3 is 2.67 bits per heavy atom. The van der Waals surface area contributed by atoms with Crippen LogP contribution < -0.4 is 0 Å². The summed E-state index contributed by atoms with van der Waals surface area (Å²) in [5.41, 5.74) is 1.84. The molecule has 0 unspecified atom stereocenters. The lowest BCUT2D eigenvalue weighted by molar-refractivity contribution is 0.0691. The van der Waals surface area contributed by atoms with Crippen molar-refractivity contribution in [3.05, 3.63) is 54.5 Å². The zero-order valence-electron chi connectivity index (χ0n) is 9.32. The number of rotatable bonds is 2. The molecule has 88 valence electrons. The first-order chi connectivity index (χ1) is 8.75. The fourth-order valence-electron chi connectivity index (χ4n) is 1.84. The molecule has 0 amide bonds. The summed E-state index contributed by atoms with van der Waals surface area (Å²) in [6.07, 6.45) is 3.10. The maximum Gasteiger partial charge on any atom is 0.356 e. The average molecular weight is 239 g/mol. The first-order valence-corrected chi connectivity index (χ1v) is 5.38. The van der Waals surface area contributed by atoms with Gasteiger partial charge in [0.25, 0.3) is 0 Å². The Bertz CT molecular complexity index is 719. The van der Waals surface area contributed by atoms with E-state index in [-0.39, 0.29) is 5.69 Å². The summed E-state index contributed by atoms with van der Waals surface area (Å²) in [6, 6.07) is 11.5. The summed E-state index contributed by atoms with van der Waals surface area (Å²) in [7, 11) is 0. The molecule has 5 heteroatoms. The van der Waals surface area contributed by atoms with Crippen LogP contribution in [0.3, 0.4) is 0 Å². The van der Waals surface area contributed by atoms with Gasteiger partial charge in [-0.05, 0) is 11.6 Å². The average Bonchev–Trinajstić information content (AvgIpc) is 2.83. The summed E-state index contributed by atoms with van der Waals surface area (Å²) in [5, 5.41) is 8.94. The quantitative estimate of drug-likeness (QED) is 0.743. The number of hydrogen-bond donors (Lipinski definition) is 1. The van der Waals surface area contributed by atoms with E-state index in [9.17, 15) is 4.79 Å². The fraction of sp³-hybridized carbons (Fsp3) is 0. The molecule has 0 aliphatic carbocycles. The summed E-state index contributed by atoms with van der Waals surface area (Å²) in [5.74, 6) is -0.673. The van der Waals surface area contributed by atoms with Crippen LogP contribution in [0.5, 0.6) is 0 Å². The maximum atomic E-state index is 10.9. The Morgan fingerprint density at radius 2 is 1.94 bits per heavy atom. The largest absolute Gasteiger partial charge is 0.476 e. The van der Waals surface area contributed by atoms with Gasteiger partial charge in [-0.15, -0.1) is 0 Å². The number of imidazole rings is 1. The number of aromatic nitrogens is 3. The molecule has 0 saturated heterocycles. The normalized spacial score (nSPS) is 10.7. The van der Waals surface area contributed by atoms with Crippen LogP contribution in [0.1, 0.15) is 10.5 Å².